The van der Waals surface area contributed by atoms with Crippen LogP contribution < -0.4 is 29.1 Å². The van der Waals surface area contributed by atoms with Crippen molar-refractivity contribution in [3.8, 4) is 17.2 Å². The van der Waals surface area contributed by atoms with Gasteiger partial charge in [-0.1, -0.05) is 39.4 Å². The molecule has 1 aliphatic rings. The Bertz CT molecular complexity index is 1560. The zero-order chi connectivity index (χ0) is 27.4. The molecule has 0 saturated carbocycles. The molecule has 2 heterocycles. The number of rotatable bonds is 9. The van der Waals surface area contributed by atoms with Gasteiger partial charge in [0.25, 0.3) is 5.56 Å². The van der Waals surface area contributed by atoms with Crippen LogP contribution in [0.5, 0.6) is 17.2 Å². The Balaban J connectivity index is 1.94. The first kappa shape index (κ1) is 27.7. The van der Waals surface area contributed by atoms with E-state index in [2.05, 4.69) is 20.9 Å². The predicted octanol–water partition coefficient (Wildman–Crippen LogP) is 4.37. The first-order valence-electron chi connectivity index (χ1n) is 12.3. The molecule has 0 unspecified atom stereocenters. The maximum Gasteiger partial charge on any atom is 0.338 e. The molecule has 1 aromatic heterocycles. The molecule has 0 radical (unpaired) electrons. The molecular formula is C28H29BrN2O6S. The molecule has 0 amide bonds. The molecule has 0 saturated heterocycles. The van der Waals surface area contributed by atoms with Gasteiger partial charge < -0.3 is 18.9 Å². The second kappa shape index (κ2) is 12.0. The average Bonchev–Trinajstić information content (AvgIpc) is 3.19. The van der Waals surface area contributed by atoms with Crippen molar-refractivity contribution in [3.63, 3.8) is 0 Å². The van der Waals surface area contributed by atoms with E-state index in [1.165, 1.54) is 11.3 Å². The zero-order valence-corrected chi connectivity index (χ0v) is 24.3. The van der Waals surface area contributed by atoms with Crippen LogP contribution >= 0.6 is 27.3 Å². The van der Waals surface area contributed by atoms with E-state index in [1.807, 2.05) is 44.2 Å². The number of benzene rings is 2. The fourth-order valence-electron chi connectivity index (χ4n) is 4.25. The van der Waals surface area contributed by atoms with Crippen LogP contribution in [-0.4, -0.2) is 37.5 Å². The lowest BCUT2D eigenvalue weighted by Crippen LogP contribution is -2.40. The number of halogens is 1. The fraction of sp³-hybridized carbons (Fsp3) is 0.321. The number of carbonyl (C=O) groups excluding carboxylic acids is 1. The minimum absolute atomic E-state index is 0.193. The van der Waals surface area contributed by atoms with Gasteiger partial charge in [0.15, 0.2) is 16.3 Å². The Morgan fingerprint density at radius 2 is 1.79 bits per heavy atom. The molecule has 8 nitrogen and oxygen atoms in total. The van der Waals surface area contributed by atoms with Crippen LogP contribution in [0, 0.1) is 0 Å². The lowest BCUT2D eigenvalue weighted by molar-refractivity contribution is -0.139. The summed E-state index contributed by atoms with van der Waals surface area (Å²) in [5.74, 6) is 1.26. The number of fused-ring (bicyclic) bond motifs is 1. The molecule has 3 aromatic rings. The number of hydrogen-bond donors (Lipinski definition) is 0. The van der Waals surface area contributed by atoms with Gasteiger partial charge in [-0.3, -0.25) is 9.36 Å². The van der Waals surface area contributed by atoms with Crippen molar-refractivity contribution in [2.75, 3.05) is 26.9 Å². The highest BCUT2D eigenvalue weighted by atomic mass is 79.9. The SMILES string of the molecule is CCOC(=O)C1=C(C)N=c2s/c(=C/c3ccc(OCC)cc3)c(=O)n2[C@@H]1c1cc(OC)c(OCC)cc1Br. The summed E-state index contributed by atoms with van der Waals surface area (Å²) in [7, 11) is 1.55. The third-order valence-corrected chi connectivity index (χ3v) is 7.55. The van der Waals surface area contributed by atoms with E-state index in [0.717, 1.165) is 11.3 Å². The lowest BCUT2D eigenvalue weighted by Gasteiger charge is -2.26. The summed E-state index contributed by atoms with van der Waals surface area (Å²) in [6.45, 7) is 8.53. The van der Waals surface area contributed by atoms with Gasteiger partial charge in [-0.2, -0.15) is 0 Å². The fourth-order valence-corrected chi connectivity index (χ4v) is 5.84. The van der Waals surface area contributed by atoms with Crippen molar-refractivity contribution in [2.45, 2.75) is 33.7 Å². The van der Waals surface area contributed by atoms with E-state index >= 15 is 0 Å². The van der Waals surface area contributed by atoms with E-state index in [-0.39, 0.29) is 12.2 Å². The first-order chi connectivity index (χ1) is 18.3. The van der Waals surface area contributed by atoms with Gasteiger partial charge in [0.05, 0.1) is 48.8 Å². The quantitative estimate of drug-likeness (QED) is 0.339. The van der Waals surface area contributed by atoms with Crippen molar-refractivity contribution in [1.82, 2.24) is 4.57 Å². The number of thiazole rings is 1. The number of methoxy groups -OCH3 is 1. The van der Waals surface area contributed by atoms with Gasteiger partial charge in [-0.05, 0) is 69.2 Å². The van der Waals surface area contributed by atoms with E-state index in [9.17, 15) is 9.59 Å². The number of carbonyl (C=O) groups is 1. The Labute approximate surface area is 233 Å². The van der Waals surface area contributed by atoms with E-state index in [1.54, 1.807) is 37.7 Å². The van der Waals surface area contributed by atoms with Crippen molar-refractivity contribution in [2.24, 2.45) is 4.99 Å². The zero-order valence-electron chi connectivity index (χ0n) is 21.9. The number of allylic oxidation sites excluding steroid dienone is 1. The van der Waals surface area contributed by atoms with Crippen LogP contribution in [0.3, 0.4) is 0 Å². The van der Waals surface area contributed by atoms with Gasteiger partial charge >= 0.3 is 5.97 Å². The molecule has 0 bridgehead atoms. The summed E-state index contributed by atoms with van der Waals surface area (Å²) in [5, 5.41) is 0. The highest BCUT2D eigenvalue weighted by molar-refractivity contribution is 9.10. The minimum Gasteiger partial charge on any atom is -0.494 e. The standard InChI is InChI=1S/C28H29BrN2O6S/c1-6-35-18-11-9-17(10-12-18)13-23-26(32)31-25(19-14-21(34-5)22(36-7-2)15-20(19)29)24(27(33)37-8-3)16(4)30-28(31)38-23/h9-15,25H,6-8H2,1-5H3/b23-13+/t25-/m1/s1. The Morgan fingerprint density at radius 3 is 2.42 bits per heavy atom. The van der Waals surface area contributed by atoms with Crippen LogP contribution in [0.1, 0.15) is 44.9 Å². The third kappa shape index (κ3) is 5.42. The number of esters is 1. The molecule has 1 atom stereocenters. The Hall–Kier alpha value is -3.37. The van der Waals surface area contributed by atoms with Crippen LogP contribution in [0.4, 0.5) is 0 Å². The van der Waals surface area contributed by atoms with E-state index < -0.39 is 12.0 Å². The summed E-state index contributed by atoms with van der Waals surface area (Å²) in [6.07, 6.45) is 1.81. The second-order valence-corrected chi connectivity index (χ2v) is 10.1. The van der Waals surface area contributed by atoms with E-state index in [4.69, 9.17) is 18.9 Å². The largest absolute Gasteiger partial charge is 0.494 e. The van der Waals surface area contributed by atoms with Crippen molar-refractivity contribution >= 4 is 39.3 Å². The van der Waals surface area contributed by atoms with Crippen molar-refractivity contribution < 1.29 is 23.7 Å². The molecule has 4 rings (SSSR count). The molecule has 1 aliphatic heterocycles. The smallest absolute Gasteiger partial charge is 0.338 e. The number of aromatic nitrogens is 1. The Morgan fingerprint density at radius 1 is 1.08 bits per heavy atom. The van der Waals surface area contributed by atoms with Crippen LogP contribution in [0.25, 0.3) is 6.08 Å². The summed E-state index contributed by atoms with van der Waals surface area (Å²) < 4.78 is 24.9. The van der Waals surface area contributed by atoms with E-state index in [0.29, 0.717) is 55.4 Å². The summed E-state index contributed by atoms with van der Waals surface area (Å²) in [6, 6.07) is 10.3. The van der Waals surface area contributed by atoms with Gasteiger partial charge in [0.1, 0.15) is 5.75 Å². The predicted molar refractivity (Wildman–Crippen MR) is 150 cm³/mol. The topological polar surface area (TPSA) is 88.4 Å². The molecular weight excluding hydrogens is 572 g/mol. The molecule has 0 spiro atoms. The summed E-state index contributed by atoms with van der Waals surface area (Å²) >= 11 is 4.90. The van der Waals surface area contributed by atoms with Gasteiger partial charge in [0, 0.05) is 4.47 Å². The molecule has 38 heavy (non-hydrogen) atoms. The van der Waals surface area contributed by atoms with Crippen LogP contribution in [-0.2, 0) is 9.53 Å². The Kier molecular flexibility index (Phi) is 8.73. The monoisotopic (exact) mass is 600 g/mol. The van der Waals surface area contributed by atoms with Crippen molar-refractivity contribution in [1.29, 1.82) is 0 Å². The van der Waals surface area contributed by atoms with Crippen LogP contribution in [0.15, 0.2) is 61.9 Å². The van der Waals surface area contributed by atoms with Crippen molar-refractivity contribution in [3.05, 3.63) is 83.0 Å². The van der Waals surface area contributed by atoms with Gasteiger partial charge in [-0.15, -0.1) is 0 Å². The maximum absolute atomic E-state index is 13.9. The van der Waals surface area contributed by atoms with Crippen LogP contribution in [0.2, 0.25) is 0 Å². The molecule has 200 valence electrons. The highest BCUT2D eigenvalue weighted by Crippen LogP contribution is 2.41. The third-order valence-electron chi connectivity index (χ3n) is 5.88. The maximum atomic E-state index is 13.9. The highest BCUT2D eigenvalue weighted by Gasteiger charge is 2.35. The molecule has 0 N–H and O–H groups in total. The normalized spacial score (nSPS) is 15.1. The summed E-state index contributed by atoms with van der Waals surface area (Å²) in [4.78, 5) is 32.2. The molecule has 2 aromatic carbocycles. The lowest BCUT2D eigenvalue weighted by atomic mass is 9.95. The minimum atomic E-state index is -0.785. The van der Waals surface area contributed by atoms with Gasteiger partial charge in [0.2, 0.25) is 0 Å². The second-order valence-electron chi connectivity index (χ2n) is 8.26. The summed E-state index contributed by atoms with van der Waals surface area (Å²) in [5.41, 5.74) is 2.01. The molecule has 10 heteroatoms. The molecule has 0 fully saturated rings. The first-order valence-corrected chi connectivity index (χ1v) is 13.9. The molecule has 0 aliphatic carbocycles. The number of ether oxygens (including phenoxy) is 4. The van der Waals surface area contributed by atoms with Gasteiger partial charge in [-0.25, -0.2) is 9.79 Å². The number of nitrogens with zero attached hydrogens (tertiary/aromatic N) is 2. The average molecular weight is 602 g/mol. The number of hydrogen-bond acceptors (Lipinski definition) is 8.